The van der Waals surface area contributed by atoms with E-state index in [2.05, 4.69) is 10.3 Å². The number of carbonyl (C=O) groups is 2. The van der Waals surface area contributed by atoms with Gasteiger partial charge in [-0.15, -0.1) is 0 Å². The second kappa shape index (κ2) is 7.55. The number of aliphatic hydroxyl groups excluding tert-OH is 1. The number of Topliss-reactive ketones (excluding diaryl/α,β-unsaturated/α-hetero) is 1. The van der Waals surface area contributed by atoms with Gasteiger partial charge in [0.25, 0.3) is 0 Å². The lowest BCUT2D eigenvalue weighted by Crippen LogP contribution is -2.15. The minimum atomic E-state index is -0.953. The first kappa shape index (κ1) is 16.7. The molecule has 0 unspecified atom stereocenters. The standard InChI is InChI=1S/C16H14F2N2O3/c17-11-1-2-12(13(18)7-11)15(22)3-4-16(23)20-14-8-19-6-5-10(14)9-21/h1-2,5-8,21H,3-4,9H2,(H,20,23). The molecule has 1 aromatic carbocycles. The van der Waals surface area contributed by atoms with E-state index in [1.54, 1.807) is 6.07 Å². The van der Waals surface area contributed by atoms with Gasteiger partial charge in [-0.3, -0.25) is 14.6 Å². The molecule has 0 spiro atoms. The first-order valence-electron chi connectivity index (χ1n) is 6.83. The van der Waals surface area contributed by atoms with Crippen molar-refractivity contribution in [1.29, 1.82) is 0 Å². The smallest absolute Gasteiger partial charge is 0.224 e. The number of hydrogen-bond acceptors (Lipinski definition) is 4. The summed E-state index contributed by atoms with van der Waals surface area (Å²) in [4.78, 5) is 27.5. The Bertz CT molecular complexity index is 735. The molecular formula is C16H14F2N2O3. The summed E-state index contributed by atoms with van der Waals surface area (Å²) in [6.07, 6.45) is 2.46. The van der Waals surface area contributed by atoms with Gasteiger partial charge in [0.15, 0.2) is 5.78 Å². The van der Waals surface area contributed by atoms with E-state index < -0.39 is 23.3 Å². The Morgan fingerprint density at radius 3 is 2.65 bits per heavy atom. The summed E-state index contributed by atoms with van der Waals surface area (Å²) in [5.41, 5.74) is 0.585. The monoisotopic (exact) mass is 320 g/mol. The van der Waals surface area contributed by atoms with Crippen LogP contribution < -0.4 is 5.32 Å². The molecule has 0 bridgehead atoms. The van der Waals surface area contributed by atoms with Gasteiger partial charge < -0.3 is 10.4 Å². The third-order valence-corrected chi connectivity index (χ3v) is 3.17. The third kappa shape index (κ3) is 4.40. The molecule has 2 N–H and O–H groups in total. The Morgan fingerprint density at radius 2 is 1.96 bits per heavy atom. The number of hydrogen-bond donors (Lipinski definition) is 2. The fourth-order valence-electron chi connectivity index (χ4n) is 1.96. The number of carbonyl (C=O) groups excluding carboxylic acids is 2. The van der Waals surface area contributed by atoms with Crippen LogP contribution in [0.3, 0.4) is 0 Å². The Kier molecular flexibility index (Phi) is 5.48. The second-order valence-corrected chi connectivity index (χ2v) is 4.79. The van der Waals surface area contributed by atoms with Crippen LogP contribution in [0, 0.1) is 11.6 Å². The van der Waals surface area contributed by atoms with Crippen molar-refractivity contribution in [1.82, 2.24) is 4.98 Å². The van der Waals surface area contributed by atoms with Crippen LogP contribution in [0.2, 0.25) is 0 Å². The molecule has 1 amide bonds. The predicted molar refractivity (Wildman–Crippen MR) is 78.7 cm³/mol. The van der Waals surface area contributed by atoms with Crippen molar-refractivity contribution in [3.63, 3.8) is 0 Å². The number of ketones is 1. The van der Waals surface area contributed by atoms with Gasteiger partial charge in [0.05, 0.1) is 24.1 Å². The van der Waals surface area contributed by atoms with Crippen LogP contribution in [0.1, 0.15) is 28.8 Å². The van der Waals surface area contributed by atoms with Gasteiger partial charge in [-0.05, 0) is 18.2 Å². The third-order valence-electron chi connectivity index (χ3n) is 3.17. The molecule has 0 aliphatic heterocycles. The van der Waals surface area contributed by atoms with E-state index in [0.29, 0.717) is 17.3 Å². The molecule has 0 saturated carbocycles. The van der Waals surface area contributed by atoms with Crippen LogP contribution in [0.4, 0.5) is 14.5 Å². The molecule has 0 fully saturated rings. The zero-order valence-corrected chi connectivity index (χ0v) is 12.1. The molecule has 0 saturated heterocycles. The molecule has 2 aromatic rings. The maximum Gasteiger partial charge on any atom is 0.224 e. The van der Waals surface area contributed by atoms with Crippen LogP contribution in [-0.4, -0.2) is 21.8 Å². The minimum Gasteiger partial charge on any atom is -0.392 e. The fourth-order valence-corrected chi connectivity index (χ4v) is 1.96. The van der Waals surface area contributed by atoms with Crippen LogP contribution in [0.25, 0.3) is 0 Å². The van der Waals surface area contributed by atoms with E-state index >= 15 is 0 Å². The lowest BCUT2D eigenvalue weighted by molar-refractivity contribution is -0.116. The zero-order chi connectivity index (χ0) is 16.8. The van der Waals surface area contributed by atoms with E-state index in [9.17, 15) is 18.4 Å². The molecule has 23 heavy (non-hydrogen) atoms. The van der Waals surface area contributed by atoms with Crippen LogP contribution in [0.15, 0.2) is 36.7 Å². The van der Waals surface area contributed by atoms with Gasteiger partial charge in [0, 0.05) is 30.7 Å². The largest absolute Gasteiger partial charge is 0.392 e. The van der Waals surface area contributed by atoms with Gasteiger partial charge >= 0.3 is 0 Å². The molecule has 5 nitrogen and oxygen atoms in total. The Morgan fingerprint density at radius 1 is 1.17 bits per heavy atom. The van der Waals surface area contributed by atoms with Crippen molar-refractivity contribution in [2.45, 2.75) is 19.4 Å². The van der Waals surface area contributed by atoms with Crippen LogP contribution in [0.5, 0.6) is 0 Å². The SMILES string of the molecule is O=C(CCC(=O)c1ccc(F)cc1F)Nc1cnccc1CO. The second-order valence-electron chi connectivity index (χ2n) is 4.79. The van der Waals surface area contributed by atoms with Gasteiger partial charge in [0.2, 0.25) is 5.91 Å². The molecule has 0 aliphatic rings. The van der Waals surface area contributed by atoms with Crippen molar-refractivity contribution >= 4 is 17.4 Å². The highest BCUT2D eigenvalue weighted by Crippen LogP contribution is 2.15. The van der Waals surface area contributed by atoms with E-state index in [4.69, 9.17) is 5.11 Å². The molecule has 0 atom stereocenters. The van der Waals surface area contributed by atoms with Crippen molar-refractivity contribution in [2.75, 3.05) is 5.32 Å². The highest BCUT2D eigenvalue weighted by atomic mass is 19.1. The Hall–Kier alpha value is -2.67. The number of anilines is 1. The van der Waals surface area contributed by atoms with Gasteiger partial charge in [-0.1, -0.05) is 0 Å². The van der Waals surface area contributed by atoms with Crippen molar-refractivity contribution < 1.29 is 23.5 Å². The summed E-state index contributed by atoms with van der Waals surface area (Å²) in [6, 6.07) is 4.21. The average molecular weight is 320 g/mol. The topological polar surface area (TPSA) is 79.3 Å². The number of halogens is 2. The number of amides is 1. The number of nitrogens with one attached hydrogen (secondary N) is 1. The first-order chi connectivity index (χ1) is 11.0. The highest BCUT2D eigenvalue weighted by molar-refractivity contribution is 6.00. The Balaban J connectivity index is 1.95. The number of rotatable bonds is 6. The molecule has 120 valence electrons. The van der Waals surface area contributed by atoms with Crippen molar-refractivity contribution in [2.24, 2.45) is 0 Å². The van der Waals surface area contributed by atoms with E-state index in [1.807, 2.05) is 0 Å². The molecule has 0 aliphatic carbocycles. The van der Waals surface area contributed by atoms with Crippen molar-refractivity contribution in [3.05, 3.63) is 59.4 Å². The highest BCUT2D eigenvalue weighted by Gasteiger charge is 2.15. The van der Waals surface area contributed by atoms with E-state index in [0.717, 1.165) is 12.1 Å². The maximum atomic E-state index is 13.5. The maximum absolute atomic E-state index is 13.5. The molecule has 7 heteroatoms. The normalized spacial score (nSPS) is 10.4. The molecule has 1 heterocycles. The lowest BCUT2D eigenvalue weighted by Gasteiger charge is -2.08. The average Bonchev–Trinajstić information content (AvgIpc) is 2.53. The molecule has 0 radical (unpaired) electrons. The summed E-state index contributed by atoms with van der Waals surface area (Å²) >= 11 is 0. The summed E-state index contributed by atoms with van der Waals surface area (Å²) in [5, 5.41) is 11.7. The molecular weight excluding hydrogens is 306 g/mol. The minimum absolute atomic E-state index is 0.171. The van der Waals surface area contributed by atoms with Gasteiger partial charge in [-0.25, -0.2) is 8.78 Å². The predicted octanol–water partition coefficient (Wildman–Crippen LogP) is 2.45. The van der Waals surface area contributed by atoms with Crippen molar-refractivity contribution in [3.8, 4) is 0 Å². The summed E-state index contributed by atoms with van der Waals surface area (Å²) in [6.45, 7) is -0.266. The quantitative estimate of drug-likeness (QED) is 0.801. The Labute approximate surface area is 131 Å². The van der Waals surface area contributed by atoms with E-state index in [1.165, 1.54) is 12.4 Å². The number of aromatic nitrogens is 1. The first-order valence-corrected chi connectivity index (χ1v) is 6.83. The molecule has 2 rings (SSSR count). The van der Waals surface area contributed by atoms with Crippen LogP contribution in [-0.2, 0) is 11.4 Å². The summed E-state index contributed by atoms with van der Waals surface area (Å²) in [5.74, 6) is -2.79. The fraction of sp³-hybridized carbons (Fsp3) is 0.188. The number of nitrogens with zero attached hydrogens (tertiary/aromatic N) is 1. The van der Waals surface area contributed by atoms with E-state index in [-0.39, 0.29) is 25.0 Å². The number of benzene rings is 1. The van der Waals surface area contributed by atoms with Gasteiger partial charge in [-0.2, -0.15) is 0 Å². The molecule has 1 aromatic heterocycles. The number of pyridine rings is 1. The lowest BCUT2D eigenvalue weighted by atomic mass is 10.1. The zero-order valence-electron chi connectivity index (χ0n) is 12.1. The number of aliphatic hydroxyl groups is 1. The van der Waals surface area contributed by atoms with Crippen LogP contribution >= 0.6 is 0 Å². The van der Waals surface area contributed by atoms with Gasteiger partial charge in [0.1, 0.15) is 11.6 Å². The summed E-state index contributed by atoms with van der Waals surface area (Å²) < 4.78 is 26.3. The summed E-state index contributed by atoms with van der Waals surface area (Å²) in [7, 11) is 0.